The van der Waals surface area contributed by atoms with E-state index in [-0.39, 0.29) is 35.9 Å². The molecule has 0 radical (unpaired) electrons. The van der Waals surface area contributed by atoms with Crippen LogP contribution in [0.1, 0.15) is 31.1 Å². The molecule has 0 saturated carbocycles. The molecule has 9 heteroatoms. The Balaban J connectivity index is 1.18. The van der Waals surface area contributed by atoms with Crippen molar-refractivity contribution in [3.05, 3.63) is 60.2 Å². The number of carbonyl (C=O) groups excluding carboxylic acids is 2. The Bertz CT molecular complexity index is 1170. The summed E-state index contributed by atoms with van der Waals surface area (Å²) in [4.78, 5) is 29.2. The number of rotatable bonds is 5. The fraction of sp³-hybridized carbons (Fsp3) is 0.360. The highest BCUT2D eigenvalue weighted by molar-refractivity contribution is 6.00. The SMILES string of the molecule is COc1ccc(N2CC(C(=O)N3CCC(c4nnc(-c5ccc(F)cc5)o4)CC3)CC2=O)cc1. The number of halogens is 1. The minimum absolute atomic E-state index is 0.0142. The average Bonchev–Trinajstić information content (AvgIpc) is 3.52. The molecular formula is C25H25FN4O4. The van der Waals surface area contributed by atoms with E-state index in [0.29, 0.717) is 49.8 Å². The topological polar surface area (TPSA) is 88.8 Å². The predicted octanol–water partition coefficient (Wildman–Crippen LogP) is 3.64. The normalized spacial score (nSPS) is 19.0. The molecule has 0 bridgehead atoms. The number of anilines is 1. The van der Waals surface area contributed by atoms with Crippen LogP contribution in [0.2, 0.25) is 0 Å². The molecule has 0 N–H and O–H groups in total. The van der Waals surface area contributed by atoms with Gasteiger partial charge in [0.05, 0.1) is 13.0 Å². The smallest absolute Gasteiger partial charge is 0.247 e. The Hall–Kier alpha value is -3.75. The first-order chi connectivity index (χ1) is 16.5. The lowest BCUT2D eigenvalue weighted by Crippen LogP contribution is -2.42. The number of piperidine rings is 1. The molecule has 176 valence electrons. The van der Waals surface area contributed by atoms with E-state index in [2.05, 4.69) is 10.2 Å². The van der Waals surface area contributed by atoms with E-state index in [1.807, 2.05) is 29.2 Å². The number of benzene rings is 2. The molecule has 5 rings (SSSR count). The van der Waals surface area contributed by atoms with Crippen molar-refractivity contribution >= 4 is 17.5 Å². The highest BCUT2D eigenvalue weighted by Crippen LogP contribution is 2.32. The van der Waals surface area contributed by atoms with Crippen molar-refractivity contribution in [3.8, 4) is 17.2 Å². The third-order valence-corrected chi connectivity index (χ3v) is 6.55. The van der Waals surface area contributed by atoms with E-state index in [1.54, 1.807) is 24.1 Å². The average molecular weight is 464 g/mol. The molecule has 3 heterocycles. The zero-order valence-corrected chi connectivity index (χ0v) is 18.8. The number of likely N-dealkylation sites (tertiary alicyclic amines) is 1. The van der Waals surface area contributed by atoms with Crippen molar-refractivity contribution < 1.29 is 23.1 Å². The molecule has 1 unspecified atom stereocenters. The number of carbonyl (C=O) groups is 2. The molecule has 8 nitrogen and oxygen atoms in total. The van der Waals surface area contributed by atoms with E-state index < -0.39 is 0 Å². The zero-order chi connectivity index (χ0) is 23.7. The van der Waals surface area contributed by atoms with Crippen LogP contribution >= 0.6 is 0 Å². The predicted molar refractivity (Wildman–Crippen MR) is 122 cm³/mol. The molecular weight excluding hydrogens is 439 g/mol. The second-order valence-electron chi connectivity index (χ2n) is 8.66. The standard InChI is InChI=1S/C25H25FN4O4/c1-33-21-8-6-20(7-9-21)30-15-18(14-22(30)31)25(32)29-12-10-17(11-13-29)24-28-27-23(34-24)16-2-4-19(26)5-3-16/h2-9,17-18H,10-15H2,1H3. The number of ether oxygens (including phenoxy) is 1. The maximum absolute atomic E-state index is 13.1. The van der Waals surface area contributed by atoms with Crippen molar-refractivity contribution in [1.82, 2.24) is 15.1 Å². The van der Waals surface area contributed by atoms with Gasteiger partial charge in [0.15, 0.2) is 0 Å². The Labute approximate surface area is 196 Å². The lowest BCUT2D eigenvalue weighted by molar-refractivity contribution is -0.136. The lowest BCUT2D eigenvalue weighted by Gasteiger charge is -2.32. The van der Waals surface area contributed by atoms with Crippen molar-refractivity contribution in [2.45, 2.75) is 25.2 Å². The van der Waals surface area contributed by atoms with Gasteiger partial charge in [0, 0.05) is 43.2 Å². The van der Waals surface area contributed by atoms with Crippen LogP contribution in [0, 0.1) is 11.7 Å². The summed E-state index contributed by atoms with van der Waals surface area (Å²) in [5.41, 5.74) is 1.44. The van der Waals surface area contributed by atoms with Crippen LogP contribution in [0.4, 0.5) is 10.1 Å². The third kappa shape index (κ3) is 4.37. The minimum Gasteiger partial charge on any atom is -0.497 e. The van der Waals surface area contributed by atoms with Crippen molar-refractivity contribution in [2.24, 2.45) is 5.92 Å². The van der Waals surface area contributed by atoms with Gasteiger partial charge in [-0.05, 0) is 61.4 Å². The second-order valence-corrected chi connectivity index (χ2v) is 8.66. The van der Waals surface area contributed by atoms with Gasteiger partial charge in [0.25, 0.3) is 0 Å². The van der Waals surface area contributed by atoms with Gasteiger partial charge in [-0.2, -0.15) is 0 Å². The highest BCUT2D eigenvalue weighted by Gasteiger charge is 2.38. The van der Waals surface area contributed by atoms with Crippen molar-refractivity contribution in [3.63, 3.8) is 0 Å². The number of aromatic nitrogens is 2. The number of methoxy groups -OCH3 is 1. The van der Waals surface area contributed by atoms with E-state index in [4.69, 9.17) is 9.15 Å². The van der Waals surface area contributed by atoms with Gasteiger partial charge in [0.2, 0.25) is 23.6 Å². The molecule has 2 aliphatic rings. The van der Waals surface area contributed by atoms with Crippen LogP contribution in [-0.2, 0) is 9.59 Å². The molecule has 1 aromatic heterocycles. The van der Waals surface area contributed by atoms with Gasteiger partial charge >= 0.3 is 0 Å². The molecule has 34 heavy (non-hydrogen) atoms. The Morgan fingerprint density at radius 2 is 1.76 bits per heavy atom. The first kappa shape index (κ1) is 22.1. The van der Waals surface area contributed by atoms with Crippen LogP contribution < -0.4 is 9.64 Å². The Morgan fingerprint density at radius 3 is 2.44 bits per heavy atom. The fourth-order valence-corrected chi connectivity index (χ4v) is 4.60. The minimum atomic E-state index is -0.348. The first-order valence-corrected chi connectivity index (χ1v) is 11.3. The molecule has 2 saturated heterocycles. The van der Waals surface area contributed by atoms with Crippen LogP contribution in [0.25, 0.3) is 11.5 Å². The maximum Gasteiger partial charge on any atom is 0.247 e. The van der Waals surface area contributed by atoms with E-state index >= 15 is 0 Å². The summed E-state index contributed by atoms with van der Waals surface area (Å²) >= 11 is 0. The first-order valence-electron chi connectivity index (χ1n) is 11.3. The number of amides is 2. The van der Waals surface area contributed by atoms with Crippen LogP contribution in [0.5, 0.6) is 5.75 Å². The summed E-state index contributed by atoms with van der Waals surface area (Å²) in [6.45, 7) is 1.53. The Morgan fingerprint density at radius 1 is 1.06 bits per heavy atom. The number of hydrogen-bond acceptors (Lipinski definition) is 6. The van der Waals surface area contributed by atoms with Gasteiger partial charge in [0.1, 0.15) is 11.6 Å². The molecule has 1 atom stereocenters. The van der Waals surface area contributed by atoms with Crippen molar-refractivity contribution in [1.29, 1.82) is 0 Å². The van der Waals surface area contributed by atoms with E-state index in [9.17, 15) is 14.0 Å². The molecule has 3 aromatic rings. The molecule has 0 aliphatic carbocycles. The third-order valence-electron chi connectivity index (χ3n) is 6.55. The van der Waals surface area contributed by atoms with Gasteiger partial charge < -0.3 is 19.0 Å². The Kier molecular flexibility index (Phi) is 6.00. The number of hydrogen-bond donors (Lipinski definition) is 0. The summed E-state index contributed by atoms with van der Waals surface area (Å²) in [7, 11) is 1.59. The molecule has 2 amide bonds. The van der Waals surface area contributed by atoms with Gasteiger partial charge in [-0.25, -0.2) is 4.39 Å². The second kappa shape index (κ2) is 9.24. The largest absolute Gasteiger partial charge is 0.497 e. The van der Waals surface area contributed by atoms with Gasteiger partial charge in [-0.1, -0.05) is 0 Å². The summed E-state index contributed by atoms with van der Waals surface area (Å²) in [5, 5.41) is 8.27. The highest BCUT2D eigenvalue weighted by atomic mass is 19.1. The summed E-state index contributed by atoms with van der Waals surface area (Å²) < 4.78 is 24.1. The zero-order valence-electron chi connectivity index (χ0n) is 18.8. The van der Waals surface area contributed by atoms with Crippen LogP contribution in [-0.4, -0.2) is 53.7 Å². The molecule has 0 spiro atoms. The quantitative estimate of drug-likeness (QED) is 0.573. The summed E-state index contributed by atoms with van der Waals surface area (Å²) in [6.07, 6.45) is 1.63. The molecule has 2 fully saturated rings. The van der Waals surface area contributed by atoms with Crippen LogP contribution in [0.3, 0.4) is 0 Å². The monoisotopic (exact) mass is 464 g/mol. The van der Waals surface area contributed by atoms with Gasteiger partial charge in [-0.3, -0.25) is 9.59 Å². The van der Waals surface area contributed by atoms with Crippen molar-refractivity contribution in [2.75, 3.05) is 31.6 Å². The fourth-order valence-electron chi connectivity index (χ4n) is 4.60. The van der Waals surface area contributed by atoms with E-state index in [1.165, 1.54) is 12.1 Å². The molecule has 2 aliphatic heterocycles. The maximum atomic E-state index is 13.1. The van der Waals surface area contributed by atoms with E-state index in [0.717, 1.165) is 11.4 Å². The molecule has 2 aromatic carbocycles. The summed E-state index contributed by atoms with van der Waals surface area (Å²) in [6, 6.07) is 13.2. The van der Waals surface area contributed by atoms with Gasteiger partial charge in [-0.15, -0.1) is 10.2 Å². The lowest BCUT2D eigenvalue weighted by atomic mass is 9.95. The number of nitrogens with zero attached hydrogens (tertiary/aromatic N) is 4. The summed E-state index contributed by atoms with van der Waals surface area (Å²) in [5.74, 6) is 0.975. The van der Waals surface area contributed by atoms with Crippen LogP contribution in [0.15, 0.2) is 52.9 Å².